The van der Waals surface area contributed by atoms with Gasteiger partial charge in [0.05, 0.1) is 33.9 Å². The number of fused-ring (bicyclic) bond motifs is 3. The van der Waals surface area contributed by atoms with Gasteiger partial charge in [-0.3, -0.25) is 4.98 Å². The van der Waals surface area contributed by atoms with E-state index in [0.29, 0.717) is 24.3 Å². The van der Waals surface area contributed by atoms with E-state index in [2.05, 4.69) is 27.1 Å². The molecule has 0 radical (unpaired) electrons. The molecule has 6 heteroatoms. The molecule has 0 unspecified atom stereocenters. The minimum atomic E-state index is 0.416. The molecule has 0 atom stereocenters. The van der Waals surface area contributed by atoms with Gasteiger partial charge >= 0.3 is 0 Å². The first-order valence-electron chi connectivity index (χ1n) is 7.97. The summed E-state index contributed by atoms with van der Waals surface area (Å²) in [6.07, 6.45) is 6.95. The lowest BCUT2D eigenvalue weighted by molar-refractivity contribution is 0.279. The number of hydrogen-bond donors (Lipinski definition) is 0. The van der Waals surface area contributed by atoms with Crippen molar-refractivity contribution in [2.75, 3.05) is 0 Å². The Kier molecular flexibility index (Phi) is 3.96. The molecule has 0 bridgehead atoms. The van der Waals surface area contributed by atoms with E-state index in [9.17, 15) is 0 Å². The maximum atomic E-state index is 8.90. The first-order valence-corrected chi connectivity index (χ1v) is 9.39. The van der Waals surface area contributed by atoms with Crippen molar-refractivity contribution in [2.45, 2.75) is 44.0 Å². The fourth-order valence-corrected chi connectivity index (χ4v) is 4.83. The Balaban J connectivity index is 1.79. The summed E-state index contributed by atoms with van der Waals surface area (Å²) in [4.78, 5) is 9.21. The maximum absolute atomic E-state index is 8.90. The van der Waals surface area contributed by atoms with Crippen molar-refractivity contribution in [3.63, 3.8) is 0 Å². The Labute approximate surface area is 143 Å². The first kappa shape index (κ1) is 14.9. The molecule has 4 nitrogen and oxygen atoms in total. The monoisotopic (exact) mass is 344 g/mol. The molecule has 3 heterocycles. The van der Waals surface area contributed by atoms with E-state index in [1.54, 1.807) is 11.3 Å². The van der Waals surface area contributed by atoms with Crippen LogP contribution in [0.3, 0.4) is 0 Å². The first-order chi connectivity index (χ1) is 11.3. The minimum Gasteiger partial charge on any atom is -0.323 e. The quantitative estimate of drug-likeness (QED) is 0.626. The van der Waals surface area contributed by atoms with Crippen LogP contribution in [0.25, 0.3) is 21.3 Å². The van der Waals surface area contributed by atoms with Crippen LogP contribution in [0, 0.1) is 17.2 Å². The van der Waals surface area contributed by atoms with Crippen LogP contribution in [0.1, 0.15) is 44.0 Å². The second-order valence-corrected chi connectivity index (χ2v) is 7.38. The van der Waals surface area contributed by atoms with Gasteiger partial charge in [-0.2, -0.15) is 5.26 Å². The average molecular weight is 345 g/mol. The average Bonchev–Trinajstić information content (AvgIpc) is 3.19. The largest absolute Gasteiger partial charge is 0.323 e. The van der Waals surface area contributed by atoms with E-state index in [0.717, 1.165) is 42.5 Å². The summed E-state index contributed by atoms with van der Waals surface area (Å²) in [5.41, 5.74) is 3.15. The number of hydrogen-bond acceptors (Lipinski definition) is 4. The molecule has 23 heavy (non-hydrogen) atoms. The van der Waals surface area contributed by atoms with Crippen LogP contribution in [0.4, 0.5) is 0 Å². The zero-order chi connectivity index (χ0) is 15.8. The highest BCUT2D eigenvalue weighted by Gasteiger charge is 2.26. The van der Waals surface area contributed by atoms with Gasteiger partial charge in [0, 0.05) is 12.5 Å². The van der Waals surface area contributed by atoms with Crippen LogP contribution in [-0.2, 0) is 5.88 Å². The Morgan fingerprint density at radius 3 is 2.87 bits per heavy atom. The third-order valence-corrected chi connectivity index (χ3v) is 6.03. The molecule has 1 aliphatic rings. The number of alkyl halides is 1. The van der Waals surface area contributed by atoms with Gasteiger partial charge in [0.2, 0.25) is 0 Å². The molecule has 1 saturated carbocycles. The lowest BCUT2D eigenvalue weighted by Crippen LogP contribution is -2.19. The highest BCUT2D eigenvalue weighted by atomic mass is 35.5. The van der Waals surface area contributed by atoms with Gasteiger partial charge in [0.1, 0.15) is 11.3 Å². The number of nitriles is 1. The van der Waals surface area contributed by atoms with E-state index in [1.165, 1.54) is 10.2 Å². The van der Waals surface area contributed by atoms with Gasteiger partial charge in [0.15, 0.2) is 0 Å². The summed E-state index contributed by atoms with van der Waals surface area (Å²) in [6, 6.07) is 4.80. The van der Waals surface area contributed by atoms with Crippen molar-refractivity contribution < 1.29 is 0 Å². The highest BCUT2D eigenvalue weighted by Crippen LogP contribution is 2.39. The van der Waals surface area contributed by atoms with Gasteiger partial charge in [-0.15, -0.1) is 22.9 Å². The topological polar surface area (TPSA) is 54.5 Å². The van der Waals surface area contributed by atoms with E-state index in [1.807, 2.05) is 6.20 Å². The van der Waals surface area contributed by atoms with E-state index >= 15 is 0 Å². The Hall–Kier alpha value is -1.64. The number of thiophene rings is 1. The van der Waals surface area contributed by atoms with Crippen LogP contribution in [0.2, 0.25) is 0 Å². The summed E-state index contributed by atoms with van der Waals surface area (Å²) in [5, 5.41) is 11.0. The SMILES string of the molecule is N#CCC1CCC(n2c(CCl)nc3cnc4ccsc4c32)CC1. The predicted octanol–water partition coefficient (Wildman–Crippen LogP) is 5.03. The van der Waals surface area contributed by atoms with Crippen molar-refractivity contribution in [3.05, 3.63) is 23.5 Å². The van der Waals surface area contributed by atoms with Crippen LogP contribution in [0.5, 0.6) is 0 Å². The molecule has 3 aromatic heterocycles. The normalized spacial score (nSPS) is 21.7. The van der Waals surface area contributed by atoms with E-state index < -0.39 is 0 Å². The number of rotatable bonds is 3. The Morgan fingerprint density at radius 2 is 2.13 bits per heavy atom. The fraction of sp³-hybridized carbons (Fsp3) is 0.471. The Bertz CT molecular complexity index is 883. The summed E-state index contributed by atoms with van der Waals surface area (Å²) in [6.45, 7) is 0. The number of halogens is 1. The molecule has 118 valence electrons. The van der Waals surface area contributed by atoms with Gasteiger partial charge in [-0.1, -0.05) is 0 Å². The zero-order valence-electron chi connectivity index (χ0n) is 12.7. The standard InChI is InChI=1S/C17H17ClN4S/c18-9-15-21-14-10-20-13-6-8-23-17(13)16(14)22(15)12-3-1-11(2-4-12)5-7-19/h6,8,10-12H,1-5,9H2. The molecule has 0 saturated heterocycles. The van der Waals surface area contributed by atoms with Crippen molar-refractivity contribution in [1.82, 2.24) is 14.5 Å². The summed E-state index contributed by atoms with van der Waals surface area (Å²) < 4.78 is 3.55. The third kappa shape index (κ3) is 2.50. The number of imidazole rings is 1. The van der Waals surface area contributed by atoms with E-state index in [4.69, 9.17) is 21.8 Å². The highest BCUT2D eigenvalue weighted by molar-refractivity contribution is 7.18. The second kappa shape index (κ2) is 6.10. The van der Waals surface area contributed by atoms with Gasteiger partial charge in [-0.05, 0) is 43.0 Å². The van der Waals surface area contributed by atoms with Gasteiger partial charge in [0.25, 0.3) is 0 Å². The summed E-state index contributed by atoms with van der Waals surface area (Å²) >= 11 is 7.90. The molecule has 4 rings (SSSR count). The van der Waals surface area contributed by atoms with E-state index in [-0.39, 0.29) is 0 Å². The number of aromatic nitrogens is 3. The molecule has 0 N–H and O–H groups in total. The third-order valence-electron chi connectivity index (χ3n) is 4.88. The van der Waals surface area contributed by atoms with Crippen molar-refractivity contribution in [3.8, 4) is 6.07 Å². The van der Waals surface area contributed by atoms with Gasteiger partial charge < -0.3 is 4.57 Å². The molecular formula is C17H17ClN4S. The molecule has 0 amide bonds. The minimum absolute atomic E-state index is 0.416. The second-order valence-electron chi connectivity index (χ2n) is 6.20. The Morgan fingerprint density at radius 1 is 1.30 bits per heavy atom. The van der Waals surface area contributed by atoms with Gasteiger partial charge in [-0.25, -0.2) is 4.98 Å². The molecular weight excluding hydrogens is 328 g/mol. The summed E-state index contributed by atoms with van der Waals surface area (Å²) in [7, 11) is 0. The van der Waals surface area contributed by atoms with Crippen LogP contribution in [-0.4, -0.2) is 14.5 Å². The molecule has 0 aromatic carbocycles. The lowest BCUT2D eigenvalue weighted by atomic mass is 9.84. The van der Waals surface area contributed by atoms with Crippen LogP contribution >= 0.6 is 22.9 Å². The van der Waals surface area contributed by atoms with Crippen molar-refractivity contribution in [1.29, 1.82) is 5.26 Å². The molecule has 1 aliphatic carbocycles. The molecule has 3 aromatic rings. The maximum Gasteiger partial charge on any atom is 0.125 e. The van der Waals surface area contributed by atoms with Crippen LogP contribution in [0.15, 0.2) is 17.6 Å². The fourth-order valence-electron chi connectivity index (χ4n) is 3.75. The summed E-state index contributed by atoms with van der Waals surface area (Å²) in [5.74, 6) is 1.90. The lowest BCUT2D eigenvalue weighted by Gasteiger charge is -2.29. The molecule has 1 fully saturated rings. The zero-order valence-corrected chi connectivity index (χ0v) is 14.3. The van der Waals surface area contributed by atoms with Crippen molar-refractivity contribution in [2.24, 2.45) is 5.92 Å². The predicted molar refractivity (Wildman–Crippen MR) is 93.7 cm³/mol. The molecule has 0 spiro atoms. The molecule has 0 aliphatic heterocycles. The number of nitrogens with zero attached hydrogens (tertiary/aromatic N) is 4. The van der Waals surface area contributed by atoms with Crippen LogP contribution < -0.4 is 0 Å². The van der Waals surface area contributed by atoms with Crippen molar-refractivity contribution >= 4 is 44.2 Å². The smallest absolute Gasteiger partial charge is 0.125 e. The number of pyridine rings is 1.